The minimum absolute atomic E-state index is 0.0418. The van der Waals surface area contributed by atoms with E-state index in [1.54, 1.807) is 24.3 Å². The lowest BCUT2D eigenvalue weighted by Gasteiger charge is -2.09. The maximum absolute atomic E-state index is 12.0. The van der Waals surface area contributed by atoms with E-state index in [2.05, 4.69) is 21.2 Å². The first-order valence-corrected chi connectivity index (χ1v) is 7.42. The second-order valence-electron chi connectivity index (χ2n) is 5.04. The largest absolute Gasteiger partial charge is 0.352 e. The standard InChI is InChI=1S/C17H18N4O3/c1-12-6-2-3-7-13(12)16(23)19-11-9-15(22)20-21-17(24)14-8-4-5-10-18-14/h2-8,10H,9,11H2,1H3,(H,19,23)(H,20,22)(H,21,24). The van der Waals surface area contributed by atoms with Gasteiger partial charge in [0.25, 0.3) is 11.8 Å². The van der Waals surface area contributed by atoms with Gasteiger partial charge < -0.3 is 5.32 Å². The van der Waals surface area contributed by atoms with Crippen LogP contribution in [0.3, 0.4) is 0 Å². The number of benzene rings is 1. The molecular formula is C17H18N4O3. The minimum Gasteiger partial charge on any atom is -0.352 e. The summed E-state index contributed by atoms with van der Waals surface area (Å²) in [6.07, 6.45) is 1.53. The molecule has 124 valence electrons. The molecular weight excluding hydrogens is 308 g/mol. The van der Waals surface area contributed by atoms with Crippen LogP contribution in [-0.4, -0.2) is 29.3 Å². The molecule has 0 aliphatic heterocycles. The minimum atomic E-state index is -0.507. The first kappa shape index (κ1) is 17.1. The quantitative estimate of drug-likeness (QED) is 0.713. The summed E-state index contributed by atoms with van der Waals surface area (Å²) in [6, 6.07) is 12.1. The molecule has 1 aromatic heterocycles. The highest BCUT2D eigenvalue weighted by Gasteiger charge is 2.10. The van der Waals surface area contributed by atoms with Crippen molar-refractivity contribution >= 4 is 17.7 Å². The number of carbonyl (C=O) groups excluding carboxylic acids is 3. The summed E-state index contributed by atoms with van der Waals surface area (Å²) >= 11 is 0. The molecule has 0 spiro atoms. The Morgan fingerprint density at radius 3 is 2.42 bits per heavy atom. The van der Waals surface area contributed by atoms with Gasteiger partial charge in [-0.05, 0) is 30.7 Å². The van der Waals surface area contributed by atoms with E-state index in [1.165, 1.54) is 12.3 Å². The molecule has 0 aliphatic carbocycles. The van der Waals surface area contributed by atoms with E-state index in [4.69, 9.17) is 0 Å². The Morgan fingerprint density at radius 2 is 1.71 bits per heavy atom. The van der Waals surface area contributed by atoms with Gasteiger partial charge in [0.2, 0.25) is 5.91 Å². The van der Waals surface area contributed by atoms with Crippen molar-refractivity contribution in [3.05, 3.63) is 65.5 Å². The van der Waals surface area contributed by atoms with Gasteiger partial charge in [0.1, 0.15) is 5.69 Å². The molecule has 0 unspecified atom stereocenters. The lowest BCUT2D eigenvalue weighted by molar-refractivity contribution is -0.121. The third-order valence-electron chi connectivity index (χ3n) is 3.24. The molecule has 0 bridgehead atoms. The number of aryl methyl sites for hydroxylation is 1. The molecule has 2 rings (SSSR count). The van der Waals surface area contributed by atoms with Crippen LogP contribution in [0.4, 0.5) is 0 Å². The van der Waals surface area contributed by atoms with Crippen LogP contribution in [-0.2, 0) is 4.79 Å². The predicted octanol–water partition coefficient (Wildman–Crippen LogP) is 0.971. The van der Waals surface area contributed by atoms with Crippen LogP contribution in [0.5, 0.6) is 0 Å². The molecule has 1 heterocycles. The van der Waals surface area contributed by atoms with Crippen LogP contribution >= 0.6 is 0 Å². The molecule has 0 radical (unpaired) electrons. The molecule has 0 saturated carbocycles. The summed E-state index contributed by atoms with van der Waals surface area (Å²) in [5.74, 6) is -1.16. The molecule has 3 amide bonds. The second-order valence-corrected chi connectivity index (χ2v) is 5.04. The van der Waals surface area contributed by atoms with E-state index in [-0.39, 0.29) is 24.6 Å². The SMILES string of the molecule is Cc1ccccc1C(=O)NCCC(=O)NNC(=O)c1ccccn1. The topological polar surface area (TPSA) is 100 Å². The Labute approximate surface area is 139 Å². The molecule has 0 saturated heterocycles. The Bertz CT molecular complexity index is 732. The number of nitrogens with one attached hydrogen (secondary N) is 3. The summed E-state index contributed by atoms with van der Waals surface area (Å²) in [5, 5.41) is 2.67. The summed E-state index contributed by atoms with van der Waals surface area (Å²) in [4.78, 5) is 39.2. The Morgan fingerprint density at radius 1 is 0.958 bits per heavy atom. The van der Waals surface area contributed by atoms with Crippen molar-refractivity contribution in [2.45, 2.75) is 13.3 Å². The van der Waals surface area contributed by atoms with Crippen molar-refractivity contribution in [1.82, 2.24) is 21.2 Å². The van der Waals surface area contributed by atoms with Gasteiger partial charge in [-0.2, -0.15) is 0 Å². The zero-order valence-electron chi connectivity index (χ0n) is 13.2. The number of amides is 3. The van der Waals surface area contributed by atoms with E-state index in [0.29, 0.717) is 5.56 Å². The van der Waals surface area contributed by atoms with Gasteiger partial charge in [-0.3, -0.25) is 30.2 Å². The van der Waals surface area contributed by atoms with Gasteiger partial charge in [0.05, 0.1) is 0 Å². The maximum Gasteiger partial charge on any atom is 0.288 e. The first-order valence-electron chi connectivity index (χ1n) is 7.42. The van der Waals surface area contributed by atoms with Crippen molar-refractivity contribution in [3.8, 4) is 0 Å². The monoisotopic (exact) mass is 326 g/mol. The van der Waals surface area contributed by atoms with Crippen molar-refractivity contribution in [2.75, 3.05) is 6.54 Å². The predicted molar refractivity (Wildman–Crippen MR) is 88.0 cm³/mol. The highest BCUT2D eigenvalue weighted by atomic mass is 16.2. The average Bonchev–Trinajstić information content (AvgIpc) is 2.60. The third-order valence-corrected chi connectivity index (χ3v) is 3.24. The molecule has 7 heteroatoms. The third kappa shape index (κ3) is 4.91. The van der Waals surface area contributed by atoms with Crippen molar-refractivity contribution in [1.29, 1.82) is 0 Å². The summed E-state index contributed by atoms with van der Waals surface area (Å²) in [5.41, 5.74) is 6.17. The number of aromatic nitrogens is 1. The van der Waals surface area contributed by atoms with Crippen molar-refractivity contribution in [3.63, 3.8) is 0 Å². The molecule has 0 atom stereocenters. The Kier molecular flexibility index (Phi) is 6.01. The Hall–Kier alpha value is -3.22. The molecule has 24 heavy (non-hydrogen) atoms. The fourth-order valence-electron chi connectivity index (χ4n) is 1.96. The molecule has 0 fully saturated rings. The number of hydrogen-bond donors (Lipinski definition) is 3. The van der Waals surface area contributed by atoms with Gasteiger partial charge in [0.15, 0.2) is 0 Å². The van der Waals surface area contributed by atoms with Crippen LogP contribution < -0.4 is 16.2 Å². The lowest BCUT2D eigenvalue weighted by Crippen LogP contribution is -2.43. The van der Waals surface area contributed by atoms with E-state index >= 15 is 0 Å². The van der Waals surface area contributed by atoms with Crippen molar-refractivity contribution < 1.29 is 14.4 Å². The van der Waals surface area contributed by atoms with Gasteiger partial charge in [-0.25, -0.2) is 0 Å². The smallest absolute Gasteiger partial charge is 0.288 e. The number of hydrogen-bond acceptors (Lipinski definition) is 4. The second kappa shape index (κ2) is 8.42. The maximum atomic E-state index is 12.0. The van der Waals surface area contributed by atoms with Crippen LogP contribution in [0.15, 0.2) is 48.7 Å². The summed E-state index contributed by atoms with van der Waals surface area (Å²) in [7, 11) is 0. The highest BCUT2D eigenvalue weighted by molar-refractivity contribution is 5.96. The van der Waals surface area contributed by atoms with Crippen molar-refractivity contribution in [2.24, 2.45) is 0 Å². The number of nitrogens with zero attached hydrogens (tertiary/aromatic N) is 1. The van der Waals surface area contributed by atoms with Gasteiger partial charge in [-0.15, -0.1) is 0 Å². The first-order chi connectivity index (χ1) is 11.6. The lowest BCUT2D eigenvalue weighted by atomic mass is 10.1. The van der Waals surface area contributed by atoms with Gasteiger partial charge in [-0.1, -0.05) is 24.3 Å². The number of carbonyl (C=O) groups is 3. The average molecular weight is 326 g/mol. The van der Waals surface area contributed by atoms with E-state index in [1.807, 2.05) is 19.1 Å². The number of pyridine rings is 1. The summed E-state index contributed by atoms with van der Waals surface area (Å²) < 4.78 is 0. The van der Waals surface area contributed by atoms with Gasteiger partial charge >= 0.3 is 0 Å². The van der Waals surface area contributed by atoms with Crippen LogP contribution in [0, 0.1) is 6.92 Å². The molecule has 1 aromatic carbocycles. The van der Waals surface area contributed by atoms with Crippen LogP contribution in [0.1, 0.15) is 32.8 Å². The zero-order chi connectivity index (χ0) is 17.4. The van der Waals surface area contributed by atoms with E-state index < -0.39 is 11.8 Å². The van der Waals surface area contributed by atoms with Crippen LogP contribution in [0.25, 0.3) is 0 Å². The van der Waals surface area contributed by atoms with Gasteiger partial charge in [0, 0.05) is 24.7 Å². The number of hydrazine groups is 1. The fraction of sp³-hybridized carbons (Fsp3) is 0.176. The molecule has 0 aliphatic rings. The normalized spacial score (nSPS) is 9.88. The molecule has 2 aromatic rings. The fourth-order valence-corrected chi connectivity index (χ4v) is 1.96. The molecule has 7 nitrogen and oxygen atoms in total. The van der Waals surface area contributed by atoms with Crippen LogP contribution in [0.2, 0.25) is 0 Å². The summed E-state index contributed by atoms with van der Waals surface area (Å²) in [6.45, 7) is 2.01. The highest BCUT2D eigenvalue weighted by Crippen LogP contribution is 2.06. The number of rotatable bonds is 5. The zero-order valence-corrected chi connectivity index (χ0v) is 13.2. The van der Waals surface area contributed by atoms with E-state index in [9.17, 15) is 14.4 Å². The molecule has 3 N–H and O–H groups in total. The Balaban J connectivity index is 1.71. The van der Waals surface area contributed by atoms with E-state index in [0.717, 1.165) is 5.56 Å².